The van der Waals surface area contributed by atoms with Gasteiger partial charge in [0.25, 0.3) is 0 Å². The van der Waals surface area contributed by atoms with Crippen molar-refractivity contribution in [3.8, 4) is 0 Å². The minimum Gasteiger partial charge on any atom is -0.358 e. The molecule has 5 nitrogen and oxygen atoms in total. The Morgan fingerprint density at radius 2 is 2.06 bits per heavy atom. The number of benzene rings is 1. The number of hydrogen-bond acceptors (Lipinski definition) is 4. The van der Waals surface area contributed by atoms with Crippen LogP contribution in [0.3, 0.4) is 0 Å². The molecule has 6 heteroatoms. The van der Waals surface area contributed by atoms with Gasteiger partial charge in [-0.2, -0.15) is 0 Å². The van der Waals surface area contributed by atoms with Gasteiger partial charge in [0.1, 0.15) is 0 Å². The lowest BCUT2D eigenvalue weighted by Crippen LogP contribution is -2.40. The van der Waals surface area contributed by atoms with E-state index in [1.807, 2.05) is 11.0 Å². The zero-order chi connectivity index (χ0) is 12.9. The van der Waals surface area contributed by atoms with Gasteiger partial charge in [0, 0.05) is 12.3 Å². The van der Waals surface area contributed by atoms with E-state index in [9.17, 15) is 13.2 Å². The second-order valence-corrected chi connectivity index (χ2v) is 6.81. The van der Waals surface area contributed by atoms with Crippen LogP contribution in [0.5, 0.6) is 0 Å². The Balaban J connectivity index is 2.17. The molecule has 1 fully saturated rings. The van der Waals surface area contributed by atoms with Crippen LogP contribution in [-0.2, 0) is 14.6 Å². The van der Waals surface area contributed by atoms with Crippen LogP contribution in [0.1, 0.15) is 12.8 Å². The number of hydrogen-bond donors (Lipinski definition) is 1. The fourth-order valence-corrected chi connectivity index (χ4v) is 3.18. The first-order chi connectivity index (χ1) is 8.47. The highest BCUT2D eigenvalue weighted by Gasteiger charge is 2.36. The van der Waals surface area contributed by atoms with Gasteiger partial charge in [-0.1, -0.05) is 6.07 Å². The fraction of sp³-hybridized carbons (Fsp3) is 0.417. The lowest BCUT2D eigenvalue weighted by molar-refractivity contribution is -0.115. The zero-order valence-corrected chi connectivity index (χ0v) is 10.8. The highest BCUT2D eigenvalue weighted by molar-refractivity contribution is 7.90. The first-order valence-corrected chi connectivity index (χ1v) is 7.75. The van der Waals surface area contributed by atoms with Gasteiger partial charge in [-0.15, -0.1) is 0 Å². The monoisotopic (exact) mass is 266 g/mol. The first kappa shape index (κ1) is 11.5. The average molecular weight is 266 g/mol. The van der Waals surface area contributed by atoms with Gasteiger partial charge < -0.3 is 10.2 Å². The molecular formula is C12H14N2O3S. The highest BCUT2D eigenvalue weighted by Crippen LogP contribution is 2.40. The minimum absolute atomic E-state index is 0.148. The van der Waals surface area contributed by atoms with Crippen molar-refractivity contribution >= 4 is 27.1 Å². The maximum absolute atomic E-state index is 11.7. The summed E-state index contributed by atoms with van der Waals surface area (Å²) in [5.74, 6) is -0.148. The number of carbonyl (C=O) groups excluding carboxylic acids is 1. The van der Waals surface area contributed by atoms with Gasteiger partial charge in [0.15, 0.2) is 9.84 Å². The van der Waals surface area contributed by atoms with Gasteiger partial charge in [0.2, 0.25) is 5.91 Å². The van der Waals surface area contributed by atoms with Crippen LogP contribution in [0.4, 0.5) is 11.4 Å². The summed E-state index contributed by atoms with van der Waals surface area (Å²) in [5.41, 5.74) is 1.25. The third-order valence-corrected chi connectivity index (χ3v) is 4.42. The summed E-state index contributed by atoms with van der Waals surface area (Å²) in [6.45, 7) is 0.310. The van der Waals surface area contributed by atoms with Crippen LogP contribution >= 0.6 is 0 Å². The van der Waals surface area contributed by atoms with Gasteiger partial charge >= 0.3 is 0 Å². The Kier molecular flexibility index (Phi) is 2.38. The molecule has 0 atom stereocenters. The predicted octanol–water partition coefficient (Wildman–Crippen LogP) is 1.01. The molecule has 1 heterocycles. The molecule has 1 amide bonds. The van der Waals surface area contributed by atoms with Crippen molar-refractivity contribution in [2.75, 3.05) is 23.0 Å². The number of fused-ring (bicyclic) bond motifs is 1. The number of rotatable bonds is 2. The van der Waals surface area contributed by atoms with Gasteiger partial charge in [-0.3, -0.25) is 4.79 Å². The van der Waals surface area contributed by atoms with Gasteiger partial charge in [-0.25, -0.2) is 8.42 Å². The van der Waals surface area contributed by atoms with Crippen molar-refractivity contribution in [3.63, 3.8) is 0 Å². The van der Waals surface area contributed by atoms with E-state index in [2.05, 4.69) is 5.32 Å². The van der Waals surface area contributed by atoms with E-state index >= 15 is 0 Å². The molecule has 1 aromatic rings. The number of nitrogens with zero attached hydrogens (tertiary/aromatic N) is 1. The minimum atomic E-state index is -3.34. The van der Waals surface area contributed by atoms with Crippen molar-refractivity contribution in [3.05, 3.63) is 18.2 Å². The number of amides is 1. The molecule has 1 aromatic carbocycles. The number of para-hydroxylation sites is 1. The van der Waals surface area contributed by atoms with Crippen molar-refractivity contribution in [2.24, 2.45) is 0 Å². The van der Waals surface area contributed by atoms with Crippen molar-refractivity contribution in [1.29, 1.82) is 0 Å². The van der Waals surface area contributed by atoms with Gasteiger partial charge in [0.05, 0.1) is 22.8 Å². The van der Waals surface area contributed by atoms with E-state index in [0.717, 1.165) is 24.8 Å². The second-order valence-electron chi connectivity index (χ2n) is 4.83. The predicted molar refractivity (Wildman–Crippen MR) is 68.5 cm³/mol. The lowest BCUT2D eigenvalue weighted by Gasteiger charge is -2.31. The topological polar surface area (TPSA) is 66.5 Å². The Hall–Kier alpha value is -1.56. The maximum Gasteiger partial charge on any atom is 0.243 e. The van der Waals surface area contributed by atoms with Crippen LogP contribution in [0.15, 0.2) is 23.1 Å². The standard InChI is InChI=1S/C12H14N2O3S/c1-18(16,17)10-4-2-3-9-12(10)13-11(15)7-14(9)8-5-6-8/h2-4,8H,5-7H2,1H3,(H,13,15). The molecule has 2 aliphatic rings. The molecule has 0 radical (unpaired) electrons. The maximum atomic E-state index is 11.7. The fourth-order valence-electron chi connectivity index (χ4n) is 2.32. The number of nitrogens with one attached hydrogen (secondary N) is 1. The van der Waals surface area contributed by atoms with E-state index in [1.54, 1.807) is 6.07 Å². The Bertz CT molecular complexity index is 620. The summed E-state index contributed by atoms with van der Waals surface area (Å²) in [6.07, 6.45) is 3.29. The molecule has 1 saturated carbocycles. The summed E-state index contributed by atoms with van der Waals surface area (Å²) >= 11 is 0. The average Bonchev–Trinajstić information content (AvgIpc) is 3.09. The quantitative estimate of drug-likeness (QED) is 0.867. The molecule has 18 heavy (non-hydrogen) atoms. The van der Waals surface area contributed by atoms with Crippen LogP contribution in [0.25, 0.3) is 0 Å². The largest absolute Gasteiger partial charge is 0.358 e. The Labute approximate surface area is 106 Å². The zero-order valence-electron chi connectivity index (χ0n) is 10.0. The molecule has 1 N–H and O–H groups in total. The first-order valence-electron chi connectivity index (χ1n) is 5.86. The summed E-state index contributed by atoms with van der Waals surface area (Å²) in [5, 5.41) is 2.69. The summed E-state index contributed by atoms with van der Waals surface area (Å²) < 4.78 is 23.5. The van der Waals surface area contributed by atoms with Crippen LogP contribution < -0.4 is 10.2 Å². The lowest BCUT2D eigenvalue weighted by atomic mass is 10.2. The molecule has 3 rings (SSSR count). The molecule has 0 unspecified atom stereocenters. The summed E-state index contributed by atoms with van der Waals surface area (Å²) in [7, 11) is -3.34. The van der Waals surface area contributed by atoms with Crippen LogP contribution in [0, 0.1) is 0 Å². The molecule has 0 aromatic heterocycles. The highest BCUT2D eigenvalue weighted by atomic mass is 32.2. The molecular weight excluding hydrogens is 252 g/mol. The van der Waals surface area contributed by atoms with Crippen molar-refractivity contribution < 1.29 is 13.2 Å². The Morgan fingerprint density at radius 3 is 2.67 bits per heavy atom. The number of sulfone groups is 1. The van der Waals surface area contributed by atoms with E-state index in [4.69, 9.17) is 0 Å². The number of carbonyl (C=O) groups is 1. The van der Waals surface area contributed by atoms with Crippen molar-refractivity contribution in [2.45, 2.75) is 23.8 Å². The van der Waals surface area contributed by atoms with E-state index < -0.39 is 9.84 Å². The van der Waals surface area contributed by atoms with Crippen LogP contribution in [0.2, 0.25) is 0 Å². The molecule has 1 aliphatic heterocycles. The normalized spacial score (nSPS) is 19.4. The number of anilines is 2. The molecule has 0 saturated heterocycles. The van der Waals surface area contributed by atoms with E-state index in [1.165, 1.54) is 6.07 Å². The second kappa shape index (κ2) is 3.71. The smallest absolute Gasteiger partial charge is 0.243 e. The third kappa shape index (κ3) is 1.86. The van der Waals surface area contributed by atoms with Crippen LogP contribution in [-0.4, -0.2) is 33.2 Å². The molecule has 0 bridgehead atoms. The summed E-state index contributed by atoms with van der Waals surface area (Å²) in [4.78, 5) is 13.9. The van der Waals surface area contributed by atoms with E-state index in [0.29, 0.717) is 18.3 Å². The summed E-state index contributed by atoms with van der Waals surface area (Å²) in [6, 6.07) is 5.50. The Morgan fingerprint density at radius 1 is 1.33 bits per heavy atom. The molecule has 1 aliphatic carbocycles. The molecule has 0 spiro atoms. The molecule has 96 valence electrons. The van der Waals surface area contributed by atoms with Crippen molar-refractivity contribution in [1.82, 2.24) is 0 Å². The van der Waals surface area contributed by atoms with Gasteiger partial charge in [-0.05, 0) is 25.0 Å². The SMILES string of the molecule is CS(=O)(=O)c1cccc2c1NC(=O)CN2C1CC1. The third-order valence-electron chi connectivity index (χ3n) is 3.28. The van der Waals surface area contributed by atoms with E-state index in [-0.39, 0.29) is 10.8 Å².